The van der Waals surface area contributed by atoms with Crippen molar-refractivity contribution >= 4 is 5.91 Å². The van der Waals surface area contributed by atoms with E-state index in [0.717, 1.165) is 13.1 Å². The van der Waals surface area contributed by atoms with E-state index in [1.54, 1.807) is 7.05 Å². The molecule has 0 aliphatic heterocycles. The molecule has 0 saturated heterocycles. The van der Waals surface area contributed by atoms with Crippen LogP contribution in [0.2, 0.25) is 0 Å². The number of hydrogen-bond acceptors (Lipinski definition) is 5. The van der Waals surface area contributed by atoms with Crippen LogP contribution >= 0.6 is 0 Å². The van der Waals surface area contributed by atoms with E-state index in [-0.39, 0.29) is 19.1 Å². The molecule has 4 N–H and O–H groups in total. The Labute approximate surface area is 96.6 Å². The maximum Gasteiger partial charge on any atom is 0.221 e. The van der Waals surface area contributed by atoms with Crippen molar-refractivity contribution in [3.63, 3.8) is 0 Å². The van der Waals surface area contributed by atoms with Gasteiger partial charge < -0.3 is 20.8 Å². The fourth-order valence-electron chi connectivity index (χ4n) is 1.30. The minimum Gasteiger partial charge on any atom is -0.395 e. The number of aliphatic hydroxyl groups excluding tert-OH is 2. The molecule has 6 heteroatoms. The molecule has 0 aromatic rings. The minimum atomic E-state index is 0.00579. The van der Waals surface area contributed by atoms with Crippen LogP contribution in [0, 0.1) is 0 Å². The highest BCUT2D eigenvalue weighted by molar-refractivity contribution is 5.75. The van der Waals surface area contributed by atoms with Gasteiger partial charge in [0.1, 0.15) is 0 Å². The number of hydrogen-bond donors (Lipinski definition) is 4. The number of nitrogens with one attached hydrogen (secondary N) is 2. The van der Waals surface area contributed by atoms with Gasteiger partial charge in [-0.05, 0) is 0 Å². The van der Waals surface area contributed by atoms with Crippen LogP contribution in [0.1, 0.15) is 6.42 Å². The third-order valence-corrected chi connectivity index (χ3v) is 2.24. The van der Waals surface area contributed by atoms with E-state index in [2.05, 4.69) is 10.6 Å². The summed E-state index contributed by atoms with van der Waals surface area (Å²) in [5.74, 6) is 0.00579. The SMILES string of the molecule is CNC(=O)CCN(CCO)CCNCCO. The minimum absolute atomic E-state index is 0.00579. The molecule has 0 aliphatic rings. The van der Waals surface area contributed by atoms with Crippen molar-refractivity contribution in [2.45, 2.75) is 6.42 Å². The van der Waals surface area contributed by atoms with Crippen LogP contribution in [0.3, 0.4) is 0 Å². The van der Waals surface area contributed by atoms with E-state index in [4.69, 9.17) is 10.2 Å². The molecule has 0 aliphatic carbocycles. The summed E-state index contributed by atoms with van der Waals surface area (Å²) >= 11 is 0. The zero-order valence-electron chi connectivity index (χ0n) is 9.91. The molecular weight excluding hydrogens is 210 g/mol. The van der Waals surface area contributed by atoms with Gasteiger partial charge in [-0.2, -0.15) is 0 Å². The number of nitrogens with zero attached hydrogens (tertiary/aromatic N) is 1. The highest BCUT2D eigenvalue weighted by atomic mass is 16.3. The molecular formula is C10H23N3O3. The van der Waals surface area contributed by atoms with Crippen molar-refractivity contribution in [3.8, 4) is 0 Å². The molecule has 0 spiro atoms. The quantitative estimate of drug-likeness (QED) is 0.328. The summed E-state index contributed by atoms with van der Waals surface area (Å²) in [5.41, 5.74) is 0. The molecule has 0 bridgehead atoms. The summed E-state index contributed by atoms with van der Waals surface area (Å²) in [4.78, 5) is 13.1. The van der Waals surface area contributed by atoms with Crippen LogP contribution in [0.4, 0.5) is 0 Å². The van der Waals surface area contributed by atoms with Gasteiger partial charge in [0, 0.05) is 46.2 Å². The fraction of sp³-hybridized carbons (Fsp3) is 0.900. The Kier molecular flexibility index (Phi) is 10.3. The van der Waals surface area contributed by atoms with Crippen LogP contribution in [0.5, 0.6) is 0 Å². The Bertz CT molecular complexity index is 179. The smallest absolute Gasteiger partial charge is 0.221 e. The first-order valence-corrected chi connectivity index (χ1v) is 5.60. The van der Waals surface area contributed by atoms with Crippen molar-refractivity contribution in [1.82, 2.24) is 15.5 Å². The van der Waals surface area contributed by atoms with Gasteiger partial charge in [-0.15, -0.1) is 0 Å². The topological polar surface area (TPSA) is 84.8 Å². The maximum absolute atomic E-state index is 11.0. The Morgan fingerprint density at radius 1 is 1.12 bits per heavy atom. The second kappa shape index (κ2) is 10.8. The lowest BCUT2D eigenvalue weighted by molar-refractivity contribution is -0.120. The number of rotatable bonds is 10. The van der Waals surface area contributed by atoms with Crippen molar-refractivity contribution in [2.24, 2.45) is 0 Å². The summed E-state index contributed by atoms with van der Waals surface area (Å²) in [7, 11) is 1.61. The van der Waals surface area contributed by atoms with Crippen molar-refractivity contribution in [2.75, 3.05) is 53.0 Å². The molecule has 0 saturated carbocycles. The summed E-state index contributed by atoms with van der Waals surface area (Å²) in [6.07, 6.45) is 0.441. The molecule has 0 unspecified atom stereocenters. The van der Waals surface area contributed by atoms with Gasteiger partial charge in [-0.25, -0.2) is 0 Å². The normalized spacial score (nSPS) is 10.8. The summed E-state index contributed by atoms with van der Waals surface area (Å²) in [6.45, 7) is 3.50. The number of carbonyl (C=O) groups is 1. The third kappa shape index (κ3) is 8.60. The molecule has 0 radical (unpaired) electrons. The molecule has 0 rings (SSSR count). The summed E-state index contributed by atoms with van der Waals surface area (Å²) in [5, 5.41) is 23.0. The van der Waals surface area contributed by atoms with Crippen LogP contribution in [-0.2, 0) is 4.79 Å². The lowest BCUT2D eigenvalue weighted by atomic mass is 10.3. The highest BCUT2D eigenvalue weighted by Gasteiger charge is 2.06. The Hall–Kier alpha value is -0.690. The van der Waals surface area contributed by atoms with Crippen molar-refractivity contribution in [1.29, 1.82) is 0 Å². The third-order valence-electron chi connectivity index (χ3n) is 2.24. The average molecular weight is 233 g/mol. The van der Waals surface area contributed by atoms with E-state index < -0.39 is 0 Å². The number of carbonyl (C=O) groups excluding carboxylic acids is 1. The molecule has 6 nitrogen and oxygen atoms in total. The van der Waals surface area contributed by atoms with Gasteiger partial charge in [0.05, 0.1) is 13.2 Å². The van der Waals surface area contributed by atoms with Gasteiger partial charge in [-0.3, -0.25) is 9.69 Å². The molecule has 1 amide bonds. The van der Waals surface area contributed by atoms with Crippen LogP contribution in [-0.4, -0.2) is 74.0 Å². The first-order chi connectivity index (χ1) is 7.74. The van der Waals surface area contributed by atoms with Gasteiger partial charge in [-0.1, -0.05) is 0 Å². The predicted octanol–water partition coefficient (Wildman–Crippen LogP) is -2.00. The molecule has 0 aromatic heterocycles. The largest absolute Gasteiger partial charge is 0.395 e. The van der Waals surface area contributed by atoms with Gasteiger partial charge >= 0.3 is 0 Å². The lowest BCUT2D eigenvalue weighted by Crippen LogP contribution is -2.37. The van der Waals surface area contributed by atoms with E-state index in [0.29, 0.717) is 26.1 Å². The van der Waals surface area contributed by atoms with Crippen LogP contribution in [0.25, 0.3) is 0 Å². The summed E-state index contributed by atoms with van der Waals surface area (Å²) < 4.78 is 0. The predicted molar refractivity (Wildman–Crippen MR) is 62.2 cm³/mol. The van der Waals surface area contributed by atoms with Crippen molar-refractivity contribution in [3.05, 3.63) is 0 Å². The molecule has 0 fully saturated rings. The maximum atomic E-state index is 11.0. The van der Waals surface area contributed by atoms with Gasteiger partial charge in [0.2, 0.25) is 5.91 Å². The number of aliphatic hydroxyl groups is 2. The van der Waals surface area contributed by atoms with E-state index in [1.165, 1.54) is 0 Å². The van der Waals surface area contributed by atoms with Crippen LogP contribution in [0.15, 0.2) is 0 Å². The molecule has 0 atom stereocenters. The average Bonchev–Trinajstić information content (AvgIpc) is 2.30. The molecule has 0 aromatic carbocycles. The van der Waals surface area contributed by atoms with Crippen molar-refractivity contribution < 1.29 is 15.0 Å². The molecule has 16 heavy (non-hydrogen) atoms. The Morgan fingerprint density at radius 2 is 1.88 bits per heavy atom. The highest BCUT2D eigenvalue weighted by Crippen LogP contribution is 1.90. The second-order valence-electron chi connectivity index (χ2n) is 3.46. The molecule has 0 heterocycles. The van der Waals surface area contributed by atoms with Gasteiger partial charge in [0.25, 0.3) is 0 Å². The number of amides is 1. The standard InChI is InChI=1S/C10H23N3O3/c1-11-10(16)2-5-13(7-9-15)6-3-12-4-8-14/h12,14-15H,2-9H2,1H3,(H,11,16). The Balaban J connectivity index is 3.65. The lowest BCUT2D eigenvalue weighted by Gasteiger charge is -2.20. The van der Waals surface area contributed by atoms with E-state index >= 15 is 0 Å². The van der Waals surface area contributed by atoms with Crippen LogP contribution < -0.4 is 10.6 Å². The summed E-state index contributed by atoms with van der Waals surface area (Å²) in [6, 6.07) is 0. The monoisotopic (exact) mass is 233 g/mol. The first kappa shape index (κ1) is 15.3. The van der Waals surface area contributed by atoms with Gasteiger partial charge in [0.15, 0.2) is 0 Å². The Morgan fingerprint density at radius 3 is 2.44 bits per heavy atom. The zero-order valence-corrected chi connectivity index (χ0v) is 9.91. The van der Waals surface area contributed by atoms with E-state index in [9.17, 15) is 4.79 Å². The molecule has 96 valence electrons. The first-order valence-electron chi connectivity index (χ1n) is 5.60. The fourth-order valence-corrected chi connectivity index (χ4v) is 1.30. The second-order valence-corrected chi connectivity index (χ2v) is 3.46. The van der Waals surface area contributed by atoms with E-state index in [1.807, 2.05) is 4.90 Å². The zero-order chi connectivity index (χ0) is 12.2.